The van der Waals surface area contributed by atoms with Gasteiger partial charge in [0.2, 0.25) is 0 Å². The van der Waals surface area contributed by atoms with Gasteiger partial charge in [-0.2, -0.15) is 5.10 Å². The first kappa shape index (κ1) is 21.8. The number of anilines is 1. The van der Waals surface area contributed by atoms with Gasteiger partial charge in [-0.15, -0.1) is 11.3 Å². The van der Waals surface area contributed by atoms with Crippen LogP contribution in [-0.4, -0.2) is 63.8 Å². The molecule has 0 saturated carbocycles. The summed E-state index contributed by atoms with van der Waals surface area (Å²) in [6.45, 7) is 4.83. The second-order valence-corrected chi connectivity index (χ2v) is 9.16. The minimum Gasteiger partial charge on any atom is -0.377 e. The second-order valence-electron chi connectivity index (χ2n) is 7.80. The van der Waals surface area contributed by atoms with Crippen molar-refractivity contribution in [3.05, 3.63) is 63.2 Å². The Morgan fingerprint density at radius 3 is 2.61 bits per heavy atom. The minimum atomic E-state index is 0.0836. The van der Waals surface area contributed by atoms with Crippen molar-refractivity contribution >= 4 is 45.7 Å². The van der Waals surface area contributed by atoms with Gasteiger partial charge in [-0.05, 0) is 30.5 Å². The Morgan fingerprint density at radius 1 is 1.12 bits per heavy atom. The standard InChI is InChI=1S/C23H23ClN6O2S/c1-15-20-21(28-9-11-29(12-10-28)23(31)18-8-5-13-33-18)25-19(14-32-2)26-22(20)30(27-15)17-7-4-3-6-16(17)24/h3-8,13H,9-12,14H2,1-2H3. The van der Waals surface area contributed by atoms with E-state index in [9.17, 15) is 4.79 Å². The van der Waals surface area contributed by atoms with E-state index in [-0.39, 0.29) is 12.5 Å². The third kappa shape index (κ3) is 4.07. The van der Waals surface area contributed by atoms with Crippen molar-refractivity contribution in [1.82, 2.24) is 24.6 Å². The van der Waals surface area contributed by atoms with Crippen LogP contribution in [0, 0.1) is 6.92 Å². The third-order valence-electron chi connectivity index (χ3n) is 5.68. The summed E-state index contributed by atoms with van der Waals surface area (Å²) in [5.41, 5.74) is 2.27. The fourth-order valence-electron chi connectivity index (χ4n) is 4.10. The number of thiophene rings is 1. The van der Waals surface area contributed by atoms with Crippen molar-refractivity contribution in [2.45, 2.75) is 13.5 Å². The maximum atomic E-state index is 12.8. The molecule has 5 rings (SSSR count). The Morgan fingerprint density at radius 2 is 1.91 bits per heavy atom. The normalized spacial score (nSPS) is 14.3. The number of aromatic nitrogens is 4. The van der Waals surface area contributed by atoms with Gasteiger partial charge in [-0.3, -0.25) is 4.79 Å². The zero-order chi connectivity index (χ0) is 22.9. The molecule has 1 amide bonds. The molecule has 10 heteroatoms. The van der Waals surface area contributed by atoms with Crippen LogP contribution in [0.1, 0.15) is 21.2 Å². The number of fused-ring (bicyclic) bond motifs is 1. The van der Waals surface area contributed by atoms with Crippen molar-refractivity contribution in [1.29, 1.82) is 0 Å². The van der Waals surface area contributed by atoms with E-state index in [1.54, 1.807) is 11.8 Å². The number of halogens is 1. The van der Waals surface area contributed by atoms with Crippen LogP contribution in [-0.2, 0) is 11.3 Å². The molecule has 1 aromatic carbocycles. The number of para-hydroxylation sites is 1. The van der Waals surface area contributed by atoms with Gasteiger partial charge in [0.1, 0.15) is 12.4 Å². The number of amides is 1. The fourth-order valence-corrected chi connectivity index (χ4v) is 5.00. The van der Waals surface area contributed by atoms with Crippen molar-refractivity contribution in [2.24, 2.45) is 0 Å². The van der Waals surface area contributed by atoms with Gasteiger partial charge in [-0.1, -0.05) is 29.8 Å². The smallest absolute Gasteiger partial charge is 0.264 e. The van der Waals surface area contributed by atoms with Crippen molar-refractivity contribution in [3.63, 3.8) is 0 Å². The summed E-state index contributed by atoms with van der Waals surface area (Å²) in [6, 6.07) is 11.3. The summed E-state index contributed by atoms with van der Waals surface area (Å²) < 4.78 is 7.11. The van der Waals surface area contributed by atoms with E-state index in [2.05, 4.69) is 4.90 Å². The highest BCUT2D eigenvalue weighted by atomic mass is 35.5. The molecule has 4 aromatic rings. The number of aryl methyl sites for hydroxylation is 1. The predicted octanol–water partition coefficient (Wildman–Crippen LogP) is 3.95. The lowest BCUT2D eigenvalue weighted by Gasteiger charge is -2.35. The molecule has 1 aliphatic rings. The van der Waals surface area contributed by atoms with E-state index in [1.807, 2.05) is 53.6 Å². The summed E-state index contributed by atoms with van der Waals surface area (Å²) in [7, 11) is 1.62. The highest BCUT2D eigenvalue weighted by molar-refractivity contribution is 7.12. The number of carbonyl (C=O) groups excluding carboxylic acids is 1. The minimum absolute atomic E-state index is 0.0836. The number of hydrogen-bond donors (Lipinski definition) is 0. The number of benzene rings is 1. The first-order valence-electron chi connectivity index (χ1n) is 10.6. The second kappa shape index (κ2) is 9.09. The van der Waals surface area contributed by atoms with Gasteiger partial charge in [0, 0.05) is 33.3 Å². The zero-order valence-corrected chi connectivity index (χ0v) is 19.9. The van der Waals surface area contributed by atoms with Crippen molar-refractivity contribution < 1.29 is 9.53 Å². The van der Waals surface area contributed by atoms with Gasteiger partial charge in [0.05, 0.1) is 26.7 Å². The van der Waals surface area contributed by atoms with E-state index in [0.717, 1.165) is 27.5 Å². The van der Waals surface area contributed by atoms with Crippen LogP contribution in [0.3, 0.4) is 0 Å². The zero-order valence-electron chi connectivity index (χ0n) is 18.4. The average Bonchev–Trinajstić information content (AvgIpc) is 3.48. The Labute approximate surface area is 200 Å². The van der Waals surface area contributed by atoms with Gasteiger partial charge in [-0.25, -0.2) is 14.6 Å². The molecule has 4 heterocycles. The number of carbonyl (C=O) groups is 1. The van der Waals surface area contributed by atoms with Gasteiger partial charge in [0.15, 0.2) is 11.5 Å². The molecule has 0 radical (unpaired) electrons. The van der Waals surface area contributed by atoms with Crippen LogP contribution in [0.5, 0.6) is 0 Å². The molecule has 0 bridgehead atoms. The molecule has 3 aromatic heterocycles. The molecule has 1 aliphatic heterocycles. The van der Waals surface area contributed by atoms with Crippen LogP contribution in [0.4, 0.5) is 5.82 Å². The molecule has 8 nitrogen and oxygen atoms in total. The largest absolute Gasteiger partial charge is 0.377 e. The SMILES string of the molecule is COCc1nc(N2CCN(C(=O)c3cccs3)CC2)c2c(C)nn(-c3ccccc3Cl)c2n1. The molecule has 170 valence electrons. The van der Waals surface area contributed by atoms with Crippen LogP contribution in [0.2, 0.25) is 5.02 Å². The van der Waals surface area contributed by atoms with Crippen LogP contribution < -0.4 is 4.90 Å². The lowest BCUT2D eigenvalue weighted by molar-refractivity contribution is 0.0751. The third-order valence-corrected chi connectivity index (χ3v) is 6.86. The summed E-state index contributed by atoms with van der Waals surface area (Å²) in [4.78, 5) is 27.2. The Hall–Kier alpha value is -3.01. The number of hydrogen-bond acceptors (Lipinski definition) is 7. The molecule has 33 heavy (non-hydrogen) atoms. The number of methoxy groups -OCH3 is 1. The molecule has 0 spiro atoms. The Bertz CT molecular complexity index is 1300. The highest BCUT2D eigenvalue weighted by Crippen LogP contribution is 2.31. The average molecular weight is 483 g/mol. The molecule has 0 aliphatic carbocycles. The van der Waals surface area contributed by atoms with Gasteiger partial charge >= 0.3 is 0 Å². The summed E-state index contributed by atoms with van der Waals surface area (Å²) in [5.74, 6) is 1.47. The Balaban J connectivity index is 1.52. The van der Waals surface area contributed by atoms with Gasteiger partial charge in [0.25, 0.3) is 5.91 Å². The van der Waals surface area contributed by atoms with E-state index in [1.165, 1.54) is 11.3 Å². The quantitative estimate of drug-likeness (QED) is 0.428. The first-order chi connectivity index (χ1) is 16.1. The van der Waals surface area contributed by atoms with E-state index < -0.39 is 0 Å². The number of piperazine rings is 1. The molecule has 0 atom stereocenters. The van der Waals surface area contributed by atoms with Crippen LogP contribution in [0.15, 0.2) is 41.8 Å². The molecular formula is C23H23ClN6O2S. The topological polar surface area (TPSA) is 76.4 Å². The van der Waals surface area contributed by atoms with Crippen LogP contribution in [0.25, 0.3) is 16.7 Å². The molecular weight excluding hydrogens is 460 g/mol. The molecule has 0 unspecified atom stereocenters. The van der Waals surface area contributed by atoms with Crippen molar-refractivity contribution in [3.8, 4) is 5.69 Å². The fraction of sp³-hybridized carbons (Fsp3) is 0.304. The highest BCUT2D eigenvalue weighted by Gasteiger charge is 2.27. The number of ether oxygens (including phenoxy) is 1. The number of nitrogens with zero attached hydrogens (tertiary/aromatic N) is 6. The molecule has 1 saturated heterocycles. The van der Waals surface area contributed by atoms with Gasteiger partial charge < -0.3 is 14.5 Å². The van der Waals surface area contributed by atoms with E-state index in [0.29, 0.717) is 42.7 Å². The monoisotopic (exact) mass is 482 g/mol. The number of rotatable bonds is 5. The lowest BCUT2D eigenvalue weighted by Crippen LogP contribution is -2.49. The van der Waals surface area contributed by atoms with Crippen molar-refractivity contribution in [2.75, 3.05) is 38.2 Å². The maximum absolute atomic E-state index is 12.8. The van der Waals surface area contributed by atoms with Crippen LogP contribution >= 0.6 is 22.9 Å². The lowest BCUT2D eigenvalue weighted by atomic mass is 10.2. The summed E-state index contributed by atoms with van der Waals surface area (Å²) >= 11 is 7.94. The molecule has 1 fully saturated rings. The summed E-state index contributed by atoms with van der Waals surface area (Å²) in [5, 5.41) is 8.16. The van der Waals surface area contributed by atoms with E-state index >= 15 is 0 Å². The first-order valence-corrected chi connectivity index (χ1v) is 11.9. The maximum Gasteiger partial charge on any atom is 0.264 e. The summed E-state index contributed by atoms with van der Waals surface area (Å²) in [6.07, 6.45) is 0. The predicted molar refractivity (Wildman–Crippen MR) is 130 cm³/mol. The van der Waals surface area contributed by atoms with E-state index in [4.69, 9.17) is 31.4 Å². The molecule has 0 N–H and O–H groups in total. The Kier molecular flexibility index (Phi) is 6.01.